The number of Topliss-reactive ketones (excluding diaryl/α,β-unsaturated/α-hetero) is 1. The summed E-state index contributed by atoms with van der Waals surface area (Å²) in [6, 6.07) is 23.9. The van der Waals surface area contributed by atoms with Gasteiger partial charge in [0.1, 0.15) is 13.1 Å². The predicted molar refractivity (Wildman–Crippen MR) is 140 cm³/mol. The van der Waals surface area contributed by atoms with E-state index in [1.165, 1.54) is 11.3 Å². The minimum atomic E-state index is -0.377. The van der Waals surface area contributed by atoms with E-state index in [1.54, 1.807) is 0 Å². The second kappa shape index (κ2) is 10.3. The third-order valence-electron chi connectivity index (χ3n) is 7.72. The Morgan fingerprint density at radius 2 is 1.69 bits per heavy atom. The van der Waals surface area contributed by atoms with Crippen molar-refractivity contribution in [1.29, 1.82) is 0 Å². The maximum Gasteiger partial charge on any atom is 0.315 e. The summed E-state index contributed by atoms with van der Waals surface area (Å²) in [5.41, 5.74) is 2.04. The third-order valence-corrected chi connectivity index (χ3v) is 8.63. The summed E-state index contributed by atoms with van der Waals surface area (Å²) in [5, 5.41) is 1.95. The number of likely N-dealkylation sites (N-methyl/N-ethyl adjacent to an activating group) is 1. The highest BCUT2D eigenvalue weighted by atomic mass is 32.1. The summed E-state index contributed by atoms with van der Waals surface area (Å²) in [5.74, 6) is 0.0506. The number of hydrogen-bond acceptors (Lipinski definition) is 5. The molecular formula is C29H33N2O3S+. The quantitative estimate of drug-likeness (QED) is 0.241. The summed E-state index contributed by atoms with van der Waals surface area (Å²) in [6.45, 7) is 3.77. The van der Waals surface area contributed by atoms with E-state index in [0.29, 0.717) is 19.0 Å². The largest absolute Gasteiger partial charge is 0.456 e. The topological polar surface area (TPSA) is 46.6 Å². The molecule has 3 aliphatic rings. The molecule has 6 heteroatoms. The maximum absolute atomic E-state index is 13.6. The van der Waals surface area contributed by atoms with Gasteiger partial charge in [-0.1, -0.05) is 54.6 Å². The van der Waals surface area contributed by atoms with Gasteiger partial charge in [0.2, 0.25) is 5.78 Å². The van der Waals surface area contributed by atoms with Gasteiger partial charge in [-0.25, -0.2) is 0 Å². The molecule has 182 valence electrons. The number of esters is 1. The molecule has 0 N–H and O–H groups in total. The van der Waals surface area contributed by atoms with Crippen molar-refractivity contribution in [1.82, 2.24) is 0 Å². The summed E-state index contributed by atoms with van der Waals surface area (Å²) in [6.07, 6.45) is 1.89. The van der Waals surface area contributed by atoms with Crippen LogP contribution in [0.3, 0.4) is 0 Å². The number of nitrogens with zero attached hydrogens (tertiary/aromatic N) is 2. The van der Waals surface area contributed by atoms with Crippen LogP contribution in [0.2, 0.25) is 0 Å². The summed E-state index contributed by atoms with van der Waals surface area (Å²) >= 11 is 1.51. The molecule has 3 fully saturated rings. The van der Waals surface area contributed by atoms with Gasteiger partial charge in [-0.05, 0) is 29.1 Å². The van der Waals surface area contributed by atoms with E-state index >= 15 is 0 Å². The highest BCUT2D eigenvalue weighted by molar-refractivity contribution is 7.12. The van der Waals surface area contributed by atoms with Gasteiger partial charge in [-0.15, -0.1) is 11.3 Å². The van der Waals surface area contributed by atoms with Crippen LogP contribution in [0.15, 0.2) is 78.2 Å². The third kappa shape index (κ3) is 5.34. The van der Waals surface area contributed by atoms with E-state index in [0.717, 1.165) is 53.1 Å². The number of para-hydroxylation sites is 1. The molecule has 6 rings (SSSR count). The zero-order valence-corrected chi connectivity index (χ0v) is 21.0. The number of rotatable bonds is 9. The minimum absolute atomic E-state index is 0.130. The van der Waals surface area contributed by atoms with E-state index in [4.69, 9.17) is 4.74 Å². The SMILES string of the molecule is CN(CC(C(=O)O[C@H]1C[N+]2(CC(=O)c3cccs3)CCC1CC2)c1ccccc1)c1ccccc1. The van der Waals surface area contributed by atoms with Crippen LogP contribution in [-0.4, -0.2) is 62.1 Å². The van der Waals surface area contributed by atoms with Crippen LogP contribution in [0.25, 0.3) is 0 Å². The molecule has 0 amide bonds. The van der Waals surface area contributed by atoms with Crippen molar-refractivity contribution >= 4 is 28.8 Å². The number of carbonyl (C=O) groups is 2. The molecule has 0 radical (unpaired) electrons. The van der Waals surface area contributed by atoms with Gasteiger partial charge < -0.3 is 14.1 Å². The first-order valence-electron chi connectivity index (χ1n) is 12.5. The molecule has 5 nitrogen and oxygen atoms in total. The molecule has 0 spiro atoms. The Morgan fingerprint density at radius 3 is 2.34 bits per heavy atom. The molecule has 1 unspecified atom stereocenters. The van der Waals surface area contributed by atoms with Crippen molar-refractivity contribution < 1.29 is 18.8 Å². The first-order valence-corrected chi connectivity index (χ1v) is 13.3. The summed E-state index contributed by atoms with van der Waals surface area (Å²) in [4.78, 5) is 29.5. The Labute approximate surface area is 211 Å². The first kappa shape index (κ1) is 23.8. The fourth-order valence-corrected chi connectivity index (χ4v) is 6.35. The molecule has 3 aromatic rings. The average molecular weight is 490 g/mol. The number of benzene rings is 2. The van der Waals surface area contributed by atoms with Crippen LogP contribution < -0.4 is 4.90 Å². The Morgan fingerprint density at radius 1 is 1.00 bits per heavy atom. The lowest BCUT2D eigenvalue weighted by Crippen LogP contribution is -2.65. The zero-order valence-electron chi connectivity index (χ0n) is 20.2. The second-order valence-electron chi connectivity index (χ2n) is 10.0. The van der Waals surface area contributed by atoms with Gasteiger partial charge in [0, 0.05) is 38.0 Å². The smallest absolute Gasteiger partial charge is 0.315 e. The maximum atomic E-state index is 13.6. The molecule has 3 aliphatic heterocycles. The second-order valence-corrected chi connectivity index (χ2v) is 11.0. The van der Waals surface area contributed by atoms with Gasteiger partial charge in [0.15, 0.2) is 6.10 Å². The highest BCUT2D eigenvalue weighted by Gasteiger charge is 2.49. The summed E-state index contributed by atoms with van der Waals surface area (Å²) < 4.78 is 7.03. The number of ketones is 1. The van der Waals surface area contributed by atoms with Crippen LogP contribution >= 0.6 is 11.3 Å². The van der Waals surface area contributed by atoms with Gasteiger partial charge in [-0.3, -0.25) is 9.59 Å². The van der Waals surface area contributed by atoms with Gasteiger partial charge >= 0.3 is 5.97 Å². The number of piperidine rings is 3. The van der Waals surface area contributed by atoms with Crippen molar-refractivity contribution in [2.75, 3.05) is 44.7 Å². The molecule has 0 aliphatic carbocycles. The van der Waals surface area contributed by atoms with Gasteiger partial charge in [-0.2, -0.15) is 0 Å². The van der Waals surface area contributed by atoms with E-state index in [-0.39, 0.29) is 23.8 Å². The van der Waals surface area contributed by atoms with Crippen LogP contribution in [0.5, 0.6) is 0 Å². The van der Waals surface area contributed by atoms with Crippen molar-refractivity contribution in [3.05, 3.63) is 88.6 Å². The van der Waals surface area contributed by atoms with Crippen LogP contribution in [0.1, 0.15) is 34.0 Å². The monoisotopic (exact) mass is 489 g/mol. The lowest BCUT2D eigenvalue weighted by molar-refractivity contribution is -0.938. The van der Waals surface area contributed by atoms with Crippen molar-refractivity contribution in [3.8, 4) is 0 Å². The number of anilines is 1. The average Bonchev–Trinajstić information content (AvgIpc) is 3.44. The molecule has 2 atom stereocenters. The lowest BCUT2D eigenvalue weighted by atomic mass is 9.82. The Hall–Kier alpha value is -2.96. The van der Waals surface area contributed by atoms with Crippen molar-refractivity contribution in [2.45, 2.75) is 24.9 Å². The fraction of sp³-hybridized carbons (Fsp3) is 0.379. The van der Waals surface area contributed by atoms with E-state index in [1.807, 2.05) is 73.1 Å². The van der Waals surface area contributed by atoms with Gasteiger partial charge in [0.25, 0.3) is 0 Å². The number of ether oxygens (including phenoxy) is 1. The molecule has 4 heterocycles. The molecule has 0 saturated carbocycles. The van der Waals surface area contributed by atoms with E-state index < -0.39 is 0 Å². The fourth-order valence-electron chi connectivity index (χ4n) is 5.69. The highest BCUT2D eigenvalue weighted by Crippen LogP contribution is 2.37. The molecular weight excluding hydrogens is 456 g/mol. The van der Waals surface area contributed by atoms with Gasteiger partial charge in [0.05, 0.1) is 23.9 Å². The van der Waals surface area contributed by atoms with Crippen LogP contribution in [0, 0.1) is 5.92 Å². The number of hydrogen-bond donors (Lipinski definition) is 0. The van der Waals surface area contributed by atoms with E-state index in [9.17, 15) is 9.59 Å². The van der Waals surface area contributed by atoms with Crippen molar-refractivity contribution in [2.24, 2.45) is 5.92 Å². The van der Waals surface area contributed by atoms with Crippen LogP contribution in [0.4, 0.5) is 5.69 Å². The summed E-state index contributed by atoms with van der Waals surface area (Å²) in [7, 11) is 2.02. The molecule has 1 aromatic heterocycles. The van der Waals surface area contributed by atoms with E-state index in [2.05, 4.69) is 17.0 Å². The Bertz CT molecular complexity index is 1130. The lowest BCUT2D eigenvalue weighted by Gasteiger charge is -2.51. The molecule has 2 aromatic carbocycles. The standard InChI is InChI=1S/C29H33N2O3S/c1-30(24-11-6-3-7-12-24)19-25(22-9-4-2-5-10-22)29(33)34-27-21-31(16-14-23(27)15-17-31)20-26(32)28-13-8-18-35-28/h2-13,18,23,25,27H,14-17,19-21H2,1H3/q+1/t23?,25?,27-,31?/m0/s1. The zero-order chi connectivity index (χ0) is 24.3. The first-order chi connectivity index (χ1) is 17.0. The number of fused-ring (bicyclic) bond motifs is 3. The molecule has 2 bridgehead atoms. The Kier molecular flexibility index (Phi) is 7.02. The molecule has 3 saturated heterocycles. The Balaban J connectivity index is 1.30. The number of carbonyl (C=O) groups excluding carboxylic acids is 2. The predicted octanol–water partition coefficient (Wildman–Crippen LogP) is 5.00. The van der Waals surface area contributed by atoms with Crippen molar-refractivity contribution in [3.63, 3.8) is 0 Å². The number of thiophene rings is 1. The number of quaternary nitrogens is 1. The normalized spacial score (nSPS) is 24.0. The van der Waals surface area contributed by atoms with Crippen LogP contribution in [-0.2, 0) is 9.53 Å². The molecule has 35 heavy (non-hydrogen) atoms. The minimum Gasteiger partial charge on any atom is -0.456 e.